The summed E-state index contributed by atoms with van der Waals surface area (Å²) in [5.74, 6) is 0. The first-order chi connectivity index (χ1) is 3.71. The van der Waals surface area contributed by atoms with Crippen LogP contribution in [0.4, 0.5) is 0 Å². The standard InChI is InChI=1S/C5H10O2S/c1-5(8)4-6-2-3-7-5/h8H,2-4H2,1H3. The maximum absolute atomic E-state index is 5.20. The Balaban J connectivity index is 2.33. The van der Waals surface area contributed by atoms with E-state index < -0.39 is 0 Å². The van der Waals surface area contributed by atoms with Crippen LogP contribution in [0.15, 0.2) is 0 Å². The third kappa shape index (κ3) is 1.65. The second-order valence-electron chi connectivity index (χ2n) is 2.08. The van der Waals surface area contributed by atoms with Gasteiger partial charge in [-0.15, -0.1) is 12.6 Å². The van der Waals surface area contributed by atoms with E-state index in [9.17, 15) is 0 Å². The van der Waals surface area contributed by atoms with Crippen molar-refractivity contribution in [2.75, 3.05) is 19.8 Å². The molecule has 0 N–H and O–H groups in total. The molecule has 0 aromatic carbocycles. The molecular weight excluding hydrogens is 124 g/mol. The van der Waals surface area contributed by atoms with Gasteiger partial charge in [-0.25, -0.2) is 0 Å². The highest BCUT2D eigenvalue weighted by Crippen LogP contribution is 2.18. The number of hydrogen-bond acceptors (Lipinski definition) is 3. The van der Waals surface area contributed by atoms with Crippen molar-refractivity contribution in [3.63, 3.8) is 0 Å². The molecule has 3 heteroatoms. The lowest BCUT2D eigenvalue weighted by Gasteiger charge is -2.28. The van der Waals surface area contributed by atoms with Crippen LogP contribution >= 0.6 is 12.6 Å². The Kier molecular flexibility index (Phi) is 1.80. The van der Waals surface area contributed by atoms with Gasteiger partial charge >= 0.3 is 0 Å². The maximum atomic E-state index is 5.20. The van der Waals surface area contributed by atoms with Crippen LogP contribution in [0.2, 0.25) is 0 Å². The van der Waals surface area contributed by atoms with E-state index in [1.54, 1.807) is 0 Å². The van der Waals surface area contributed by atoms with Crippen molar-refractivity contribution in [3.05, 3.63) is 0 Å². The van der Waals surface area contributed by atoms with Gasteiger partial charge < -0.3 is 9.47 Å². The average molecular weight is 134 g/mol. The summed E-state index contributed by atoms with van der Waals surface area (Å²) in [5, 5.41) is 0. The molecule has 0 amide bonds. The number of hydrogen-bond donors (Lipinski definition) is 1. The molecule has 0 aromatic rings. The quantitative estimate of drug-likeness (QED) is 0.491. The summed E-state index contributed by atoms with van der Waals surface area (Å²) in [7, 11) is 0. The van der Waals surface area contributed by atoms with Crippen molar-refractivity contribution in [3.8, 4) is 0 Å². The highest BCUT2D eigenvalue weighted by molar-refractivity contribution is 7.81. The Morgan fingerprint density at radius 1 is 1.50 bits per heavy atom. The van der Waals surface area contributed by atoms with Gasteiger partial charge in [0.25, 0.3) is 0 Å². The Morgan fingerprint density at radius 2 is 2.25 bits per heavy atom. The van der Waals surface area contributed by atoms with Crippen molar-refractivity contribution in [1.29, 1.82) is 0 Å². The second-order valence-corrected chi connectivity index (χ2v) is 3.02. The minimum atomic E-state index is -0.349. The smallest absolute Gasteiger partial charge is 0.131 e. The number of rotatable bonds is 0. The monoisotopic (exact) mass is 134 g/mol. The van der Waals surface area contributed by atoms with E-state index in [0.717, 1.165) is 0 Å². The van der Waals surface area contributed by atoms with E-state index in [-0.39, 0.29) is 4.93 Å². The van der Waals surface area contributed by atoms with Crippen molar-refractivity contribution in [2.45, 2.75) is 11.9 Å². The summed E-state index contributed by atoms with van der Waals surface area (Å²) in [4.78, 5) is -0.349. The lowest BCUT2D eigenvalue weighted by molar-refractivity contribution is -0.0975. The van der Waals surface area contributed by atoms with E-state index in [1.165, 1.54) is 0 Å². The van der Waals surface area contributed by atoms with Gasteiger partial charge in [-0.3, -0.25) is 0 Å². The molecule has 1 aliphatic heterocycles. The molecule has 1 unspecified atom stereocenters. The molecule has 48 valence electrons. The molecule has 0 saturated carbocycles. The topological polar surface area (TPSA) is 18.5 Å². The highest BCUT2D eigenvalue weighted by Gasteiger charge is 2.22. The van der Waals surface area contributed by atoms with Crippen molar-refractivity contribution < 1.29 is 9.47 Å². The van der Waals surface area contributed by atoms with E-state index in [2.05, 4.69) is 12.6 Å². The highest BCUT2D eigenvalue weighted by atomic mass is 32.1. The largest absolute Gasteiger partial charge is 0.375 e. The van der Waals surface area contributed by atoms with Crippen molar-refractivity contribution in [1.82, 2.24) is 0 Å². The third-order valence-corrected chi connectivity index (χ3v) is 1.27. The Hall–Kier alpha value is 0.270. The van der Waals surface area contributed by atoms with Crippen LogP contribution in [0.1, 0.15) is 6.92 Å². The van der Waals surface area contributed by atoms with Crippen LogP contribution in [0.25, 0.3) is 0 Å². The first-order valence-corrected chi connectivity index (χ1v) is 3.09. The van der Waals surface area contributed by atoms with Gasteiger partial charge in [0.1, 0.15) is 4.93 Å². The van der Waals surface area contributed by atoms with Gasteiger partial charge in [0, 0.05) is 0 Å². The molecule has 0 radical (unpaired) electrons. The van der Waals surface area contributed by atoms with Crippen LogP contribution in [0.5, 0.6) is 0 Å². The molecule has 1 fully saturated rings. The molecule has 1 atom stereocenters. The van der Waals surface area contributed by atoms with Crippen LogP contribution in [0.3, 0.4) is 0 Å². The SMILES string of the molecule is CC1(S)COCCO1. The van der Waals surface area contributed by atoms with Crippen molar-refractivity contribution >= 4 is 12.6 Å². The lowest BCUT2D eigenvalue weighted by atomic mass is 10.4. The lowest BCUT2D eigenvalue weighted by Crippen LogP contribution is -2.34. The molecule has 2 nitrogen and oxygen atoms in total. The summed E-state index contributed by atoms with van der Waals surface area (Å²) < 4.78 is 10.3. The van der Waals surface area contributed by atoms with Gasteiger partial charge in [0.15, 0.2) is 0 Å². The predicted octanol–water partition coefficient (Wildman–Crippen LogP) is 0.679. The van der Waals surface area contributed by atoms with E-state index >= 15 is 0 Å². The molecule has 1 heterocycles. The van der Waals surface area contributed by atoms with Gasteiger partial charge in [-0.05, 0) is 6.92 Å². The summed E-state index contributed by atoms with van der Waals surface area (Å²) in [5.41, 5.74) is 0. The van der Waals surface area contributed by atoms with E-state index in [0.29, 0.717) is 19.8 Å². The summed E-state index contributed by atoms with van der Waals surface area (Å²) in [6, 6.07) is 0. The number of thiol groups is 1. The summed E-state index contributed by atoms with van der Waals surface area (Å²) >= 11 is 4.17. The zero-order valence-corrected chi connectivity index (χ0v) is 5.78. The zero-order chi connectivity index (χ0) is 6.04. The van der Waals surface area contributed by atoms with Crippen LogP contribution in [0, 0.1) is 0 Å². The van der Waals surface area contributed by atoms with Crippen LogP contribution in [-0.4, -0.2) is 24.8 Å². The average Bonchev–Trinajstić information content (AvgIpc) is 1.65. The maximum Gasteiger partial charge on any atom is 0.131 e. The first kappa shape index (κ1) is 6.39. The molecule has 8 heavy (non-hydrogen) atoms. The molecule has 0 aliphatic carbocycles. The van der Waals surface area contributed by atoms with Crippen molar-refractivity contribution in [2.24, 2.45) is 0 Å². The minimum absolute atomic E-state index is 0.349. The Morgan fingerprint density at radius 3 is 2.50 bits per heavy atom. The van der Waals surface area contributed by atoms with E-state index in [1.807, 2.05) is 6.92 Å². The minimum Gasteiger partial charge on any atom is -0.375 e. The molecule has 1 rings (SSSR count). The summed E-state index contributed by atoms with van der Waals surface area (Å²) in [6.07, 6.45) is 0. The molecule has 0 spiro atoms. The van der Waals surface area contributed by atoms with Gasteiger partial charge in [0.05, 0.1) is 19.8 Å². The fraction of sp³-hybridized carbons (Fsp3) is 1.00. The summed E-state index contributed by atoms with van der Waals surface area (Å²) in [6.45, 7) is 3.86. The fourth-order valence-corrected chi connectivity index (χ4v) is 0.806. The zero-order valence-electron chi connectivity index (χ0n) is 4.89. The Labute approximate surface area is 54.6 Å². The second kappa shape index (κ2) is 2.25. The van der Waals surface area contributed by atoms with Gasteiger partial charge in [-0.2, -0.15) is 0 Å². The van der Waals surface area contributed by atoms with Gasteiger partial charge in [-0.1, -0.05) is 0 Å². The normalized spacial score (nSPS) is 39.8. The third-order valence-electron chi connectivity index (χ3n) is 1.01. The van der Waals surface area contributed by atoms with Gasteiger partial charge in [0.2, 0.25) is 0 Å². The van der Waals surface area contributed by atoms with E-state index in [4.69, 9.17) is 9.47 Å². The Bertz CT molecular complexity index is 74.5. The number of ether oxygens (including phenoxy) is 2. The van der Waals surface area contributed by atoms with Crippen LogP contribution in [-0.2, 0) is 9.47 Å². The molecular formula is C5H10O2S. The first-order valence-electron chi connectivity index (χ1n) is 2.65. The molecule has 0 bridgehead atoms. The fourth-order valence-electron chi connectivity index (χ4n) is 0.624. The predicted molar refractivity (Wildman–Crippen MR) is 34.2 cm³/mol. The molecule has 1 aliphatic rings. The van der Waals surface area contributed by atoms with Crippen LogP contribution < -0.4 is 0 Å². The molecule has 1 saturated heterocycles. The molecule has 0 aromatic heterocycles.